The summed E-state index contributed by atoms with van der Waals surface area (Å²) in [6.07, 6.45) is 0.649. The number of carbonyl (C=O) groups excluding carboxylic acids is 1. The number of carbonyl (C=O) groups is 1. The molecule has 0 fully saturated rings. The molecular formula is C10H22N2O2. The van der Waals surface area contributed by atoms with Gasteiger partial charge in [-0.3, -0.25) is 4.79 Å². The first-order valence-corrected chi connectivity index (χ1v) is 4.99. The summed E-state index contributed by atoms with van der Waals surface area (Å²) in [5, 5.41) is 0. The maximum atomic E-state index is 11.0. The Morgan fingerprint density at radius 3 is 2.50 bits per heavy atom. The molecule has 0 amide bonds. The predicted molar refractivity (Wildman–Crippen MR) is 56.9 cm³/mol. The number of methoxy groups -OCH3 is 1. The van der Waals surface area contributed by atoms with Crippen LogP contribution in [-0.2, 0) is 9.53 Å². The molecule has 0 aromatic heterocycles. The molecule has 1 unspecified atom stereocenters. The fourth-order valence-corrected chi connectivity index (χ4v) is 1.34. The minimum atomic E-state index is -0.491. The summed E-state index contributed by atoms with van der Waals surface area (Å²) in [4.78, 5) is 13.2. The molecule has 14 heavy (non-hydrogen) atoms. The van der Waals surface area contributed by atoms with E-state index in [1.165, 1.54) is 7.11 Å². The van der Waals surface area contributed by atoms with Gasteiger partial charge in [-0.05, 0) is 25.9 Å². The molecule has 0 spiro atoms. The van der Waals surface area contributed by atoms with Crippen LogP contribution in [0.1, 0.15) is 20.3 Å². The molecular weight excluding hydrogens is 180 g/mol. The van der Waals surface area contributed by atoms with Gasteiger partial charge in [-0.15, -0.1) is 0 Å². The van der Waals surface area contributed by atoms with Crippen molar-refractivity contribution in [2.75, 3.05) is 27.2 Å². The Hall–Kier alpha value is -0.610. The molecule has 4 heteroatoms. The molecule has 0 aromatic rings. The lowest BCUT2D eigenvalue weighted by atomic mass is 10.2. The lowest BCUT2D eigenvalue weighted by Crippen LogP contribution is -2.36. The fraction of sp³-hybridized carbons (Fsp3) is 0.900. The van der Waals surface area contributed by atoms with E-state index in [0.29, 0.717) is 12.3 Å². The highest BCUT2D eigenvalue weighted by Crippen LogP contribution is 1.99. The lowest BCUT2D eigenvalue weighted by Gasteiger charge is -2.20. The van der Waals surface area contributed by atoms with E-state index < -0.39 is 6.04 Å². The highest BCUT2D eigenvalue weighted by Gasteiger charge is 2.14. The molecule has 0 rings (SSSR count). The molecule has 84 valence electrons. The van der Waals surface area contributed by atoms with Crippen LogP contribution in [0.4, 0.5) is 0 Å². The van der Waals surface area contributed by atoms with Crippen molar-refractivity contribution < 1.29 is 9.53 Å². The minimum absolute atomic E-state index is 0.331. The van der Waals surface area contributed by atoms with E-state index in [-0.39, 0.29) is 5.97 Å². The van der Waals surface area contributed by atoms with E-state index in [1.54, 1.807) is 0 Å². The van der Waals surface area contributed by atoms with Crippen molar-refractivity contribution in [3.63, 3.8) is 0 Å². The zero-order valence-electron chi connectivity index (χ0n) is 9.62. The van der Waals surface area contributed by atoms with Gasteiger partial charge in [-0.2, -0.15) is 0 Å². The second kappa shape index (κ2) is 6.79. The molecule has 0 saturated heterocycles. The van der Waals surface area contributed by atoms with Crippen molar-refractivity contribution >= 4 is 5.97 Å². The quantitative estimate of drug-likeness (QED) is 0.636. The number of hydrogen-bond donors (Lipinski definition) is 1. The van der Waals surface area contributed by atoms with Gasteiger partial charge in [0.2, 0.25) is 0 Å². The summed E-state index contributed by atoms with van der Waals surface area (Å²) >= 11 is 0. The zero-order chi connectivity index (χ0) is 11.1. The summed E-state index contributed by atoms with van der Waals surface area (Å²) in [7, 11) is 3.39. The third-order valence-electron chi connectivity index (χ3n) is 2.00. The van der Waals surface area contributed by atoms with Crippen LogP contribution in [0.25, 0.3) is 0 Å². The first-order chi connectivity index (χ1) is 6.47. The molecule has 0 aliphatic carbocycles. The number of esters is 1. The van der Waals surface area contributed by atoms with Crippen LogP contribution in [0.2, 0.25) is 0 Å². The number of nitrogens with zero attached hydrogens (tertiary/aromatic N) is 1. The van der Waals surface area contributed by atoms with E-state index in [2.05, 4.69) is 23.5 Å². The van der Waals surface area contributed by atoms with Crippen LogP contribution in [0.5, 0.6) is 0 Å². The summed E-state index contributed by atoms with van der Waals surface area (Å²) < 4.78 is 4.54. The van der Waals surface area contributed by atoms with Crippen molar-refractivity contribution in [1.82, 2.24) is 4.90 Å². The second-order valence-corrected chi connectivity index (χ2v) is 4.07. The van der Waals surface area contributed by atoms with Gasteiger partial charge in [0.1, 0.15) is 6.04 Å². The summed E-state index contributed by atoms with van der Waals surface area (Å²) in [6.45, 7) is 6.18. The van der Waals surface area contributed by atoms with Crippen molar-refractivity contribution in [3.8, 4) is 0 Å². The number of hydrogen-bond acceptors (Lipinski definition) is 4. The number of nitrogens with two attached hydrogens (primary N) is 1. The maximum absolute atomic E-state index is 11.0. The van der Waals surface area contributed by atoms with Crippen molar-refractivity contribution in [2.24, 2.45) is 11.7 Å². The molecule has 0 radical (unpaired) electrons. The molecule has 0 aromatic carbocycles. The fourth-order valence-electron chi connectivity index (χ4n) is 1.34. The minimum Gasteiger partial charge on any atom is -0.468 e. The van der Waals surface area contributed by atoms with Crippen LogP contribution >= 0.6 is 0 Å². The standard InChI is InChI=1S/C10H22N2O2/c1-8(2)7-12(3)6-5-9(11)10(13)14-4/h8-9H,5-7,11H2,1-4H3. The van der Waals surface area contributed by atoms with Gasteiger partial charge >= 0.3 is 5.97 Å². The normalized spacial score (nSPS) is 13.4. The molecule has 0 bridgehead atoms. The monoisotopic (exact) mass is 202 g/mol. The van der Waals surface area contributed by atoms with Gasteiger partial charge < -0.3 is 15.4 Å². The summed E-state index contributed by atoms with van der Waals surface area (Å²) in [5.41, 5.74) is 5.61. The third kappa shape index (κ3) is 5.94. The Morgan fingerprint density at radius 2 is 2.07 bits per heavy atom. The van der Waals surface area contributed by atoms with Gasteiger partial charge in [-0.1, -0.05) is 13.8 Å². The Bertz CT molecular complexity index is 172. The Balaban J connectivity index is 3.65. The number of ether oxygens (including phenoxy) is 1. The van der Waals surface area contributed by atoms with E-state index in [9.17, 15) is 4.79 Å². The average molecular weight is 202 g/mol. The predicted octanol–water partition coefficient (Wildman–Crippen LogP) is 0.465. The van der Waals surface area contributed by atoms with E-state index in [4.69, 9.17) is 5.73 Å². The Labute approximate surface area is 86.4 Å². The average Bonchev–Trinajstić information content (AvgIpc) is 2.11. The molecule has 0 saturated carbocycles. The Kier molecular flexibility index (Phi) is 6.49. The second-order valence-electron chi connectivity index (χ2n) is 4.07. The van der Waals surface area contributed by atoms with Gasteiger partial charge in [-0.25, -0.2) is 0 Å². The first-order valence-electron chi connectivity index (χ1n) is 4.99. The highest BCUT2D eigenvalue weighted by atomic mass is 16.5. The smallest absolute Gasteiger partial charge is 0.322 e. The highest BCUT2D eigenvalue weighted by molar-refractivity contribution is 5.75. The van der Waals surface area contributed by atoms with Gasteiger partial charge in [0, 0.05) is 6.54 Å². The van der Waals surface area contributed by atoms with Crippen LogP contribution in [0, 0.1) is 5.92 Å². The third-order valence-corrected chi connectivity index (χ3v) is 2.00. The van der Waals surface area contributed by atoms with Crippen molar-refractivity contribution in [2.45, 2.75) is 26.3 Å². The van der Waals surface area contributed by atoms with E-state index in [1.807, 2.05) is 7.05 Å². The topological polar surface area (TPSA) is 55.6 Å². The maximum Gasteiger partial charge on any atom is 0.322 e. The molecule has 0 aliphatic rings. The van der Waals surface area contributed by atoms with Gasteiger partial charge in [0.25, 0.3) is 0 Å². The lowest BCUT2D eigenvalue weighted by molar-refractivity contribution is -0.142. The largest absolute Gasteiger partial charge is 0.468 e. The summed E-state index contributed by atoms with van der Waals surface area (Å²) in [6, 6.07) is -0.491. The molecule has 1 atom stereocenters. The van der Waals surface area contributed by atoms with Crippen LogP contribution in [-0.4, -0.2) is 44.2 Å². The molecule has 2 N–H and O–H groups in total. The molecule has 0 aliphatic heterocycles. The van der Waals surface area contributed by atoms with E-state index >= 15 is 0 Å². The SMILES string of the molecule is COC(=O)C(N)CCN(C)CC(C)C. The zero-order valence-corrected chi connectivity index (χ0v) is 9.62. The van der Waals surface area contributed by atoms with Gasteiger partial charge in [0.15, 0.2) is 0 Å². The van der Waals surface area contributed by atoms with Gasteiger partial charge in [0.05, 0.1) is 7.11 Å². The van der Waals surface area contributed by atoms with Crippen LogP contribution in [0.15, 0.2) is 0 Å². The summed E-state index contributed by atoms with van der Waals surface area (Å²) in [5.74, 6) is 0.303. The molecule has 4 nitrogen and oxygen atoms in total. The molecule has 0 heterocycles. The van der Waals surface area contributed by atoms with Crippen molar-refractivity contribution in [1.29, 1.82) is 0 Å². The van der Waals surface area contributed by atoms with E-state index in [0.717, 1.165) is 13.1 Å². The van der Waals surface area contributed by atoms with Crippen molar-refractivity contribution in [3.05, 3.63) is 0 Å². The number of rotatable bonds is 6. The Morgan fingerprint density at radius 1 is 1.50 bits per heavy atom. The first kappa shape index (κ1) is 13.4. The van der Waals surface area contributed by atoms with Crippen LogP contribution in [0.3, 0.4) is 0 Å². The van der Waals surface area contributed by atoms with Crippen LogP contribution < -0.4 is 5.73 Å².